The van der Waals surface area contributed by atoms with Gasteiger partial charge in [0.1, 0.15) is 0 Å². The molecule has 2 heteroatoms. The van der Waals surface area contributed by atoms with Crippen molar-refractivity contribution >= 4 is 6.08 Å². The molecule has 0 saturated carbocycles. The van der Waals surface area contributed by atoms with Crippen LogP contribution in [-0.2, 0) is 0 Å². The van der Waals surface area contributed by atoms with Crippen molar-refractivity contribution in [2.75, 3.05) is 0 Å². The van der Waals surface area contributed by atoms with E-state index in [1.54, 1.807) is 0 Å². The number of fused-ring (bicyclic) bond motifs is 1. The lowest BCUT2D eigenvalue weighted by Crippen LogP contribution is -2.00. The molecule has 0 aromatic carbocycles. The maximum absolute atomic E-state index is 4.55. The molecule has 2 nitrogen and oxygen atoms in total. The summed E-state index contributed by atoms with van der Waals surface area (Å²) < 4.78 is 0. The first-order valence-electron chi connectivity index (χ1n) is 5.13. The highest BCUT2D eigenvalue weighted by Gasteiger charge is 2.10. The van der Waals surface area contributed by atoms with Gasteiger partial charge >= 0.3 is 0 Å². The van der Waals surface area contributed by atoms with Crippen LogP contribution in [0.2, 0.25) is 0 Å². The van der Waals surface area contributed by atoms with Gasteiger partial charge in [-0.25, -0.2) is 4.98 Å². The molecule has 0 amide bonds. The Balaban J connectivity index is 2.60. The molecule has 15 heavy (non-hydrogen) atoms. The number of nitrogens with zero attached hydrogens (tertiary/aromatic N) is 2. The van der Waals surface area contributed by atoms with Crippen LogP contribution in [0.15, 0.2) is 17.2 Å². The molecule has 0 saturated heterocycles. The molecule has 1 aliphatic carbocycles. The van der Waals surface area contributed by atoms with E-state index >= 15 is 0 Å². The predicted octanol–water partition coefficient (Wildman–Crippen LogP) is 3.01. The van der Waals surface area contributed by atoms with Crippen molar-refractivity contribution in [2.45, 2.75) is 27.7 Å². The Morgan fingerprint density at radius 1 is 0.800 bits per heavy atom. The van der Waals surface area contributed by atoms with Crippen molar-refractivity contribution in [1.29, 1.82) is 0 Å². The van der Waals surface area contributed by atoms with Crippen LogP contribution in [0.4, 0.5) is 0 Å². The van der Waals surface area contributed by atoms with Crippen LogP contribution in [-0.4, -0.2) is 9.97 Å². The normalized spacial score (nSPS) is 15.2. The van der Waals surface area contributed by atoms with Crippen LogP contribution < -0.4 is 0 Å². The topological polar surface area (TPSA) is 25.8 Å². The first kappa shape index (κ1) is 10.1. The van der Waals surface area contributed by atoms with Crippen molar-refractivity contribution in [1.82, 2.24) is 9.97 Å². The van der Waals surface area contributed by atoms with Gasteiger partial charge in [0, 0.05) is 6.42 Å². The standard InChI is InChI=1S/C13H15N2/c1-8-5-6-12-13(7-9(8)2)15-11(4)10(3)14-12/h5-7H,1-4H3. The summed E-state index contributed by atoms with van der Waals surface area (Å²) in [5.74, 6) is 0. The van der Waals surface area contributed by atoms with E-state index in [4.69, 9.17) is 0 Å². The number of aryl methyl sites for hydroxylation is 2. The minimum atomic E-state index is 0.967. The fourth-order valence-electron chi connectivity index (χ4n) is 1.52. The van der Waals surface area contributed by atoms with Crippen LogP contribution in [0.5, 0.6) is 0 Å². The molecule has 1 heterocycles. The number of rotatable bonds is 0. The molecule has 0 unspecified atom stereocenters. The molecule has 0 fully saturated rings. The maximum atomic E-state index is 4.55. The van der Waals surface area contributed by atoms with E-state index in [1.165, 1.54) is 11.1 Å². The van der Waals surface area contributed by atoms with Gasteiger partial charge in [-0.05, 0) is 39.3 Å². The summed E-state index contributed by atoms with van der Waals surface area (Å²) in [6, 6.07) is 0. The second-order valence-electron chi connectivity index (χ2n) is 4.01. The lowest BCUT2D eigenvalue weighted by Gasteiger charge is -2.05. The monoisotopic (exact) mass is 199 g/mol. The third-order valence-corrected chi connectivity index (χ3v) is 2.83. The number of hydrogen-bond donors (Lipinski definition) is 0. The van der Waals surface area contributed by atoms with Gasteiger partial charge in [-0.2, -0.15) is 0 Å². The Labute approximate surface area is 90.8 Å². The third kappa shape index (κ3) is 1.84. The quantitative estimate of drug-likeness (QED) is 0.642. The van der Waals surface area contributed by atoms with Crippen molar-refractivity contribution in [2.24, 2.45) is 0 Å². The summed E-state index contributed by atoms with van der Waals surface area (Å²) in [4.78, 5) is 9.09. The lowest BCUT2D eigenvalue weighted by molar-refractivity contribution is 1.00. The zero-order valence-corrected chi connectivity index (χ0v) is 9.63. The van der Waals surface area contributed by atoms with Gasteiger partial charge in [0.15, 0.2) is 0 Å². The molecule has 77 valence electrons. The van der Waals surface area contributed by atoms with Crippen LogP contribution in [0, 0.1) is 20.3 Å². The summed E-state index contributed by atoms with van der Waals surface area (Å²) in [5, 5.41) is 0. The Kier molecular flexibility index (Phi) is 2.43. The number of aromatic nitrogens is 2. The van der Waals surface area contributed by atoms with Gasteiger partial charge < -0.3 is 0 Å². The number of allylic oxidation sites excluding steroid dienone is 3. The first-order valence-corrected chi connectivity index (χ1v) is 5.13. The Bertz CT molecular complexity index is 468. The molecule has 1 aromatic rings. The van der Waals surface area contributed by atoms with Gasteiger partial charge in [-0.1, -0.05) is 11.6 Å². The first-order chi connectivity index (χ1) is 7.08. The zero-order valence-electron chi connectivity index (χ0n) is 9.63. The minimum Gasteiger partial charge on any atom is -0.253 e. The summed E-state index contributed by atoms with van der Waals surface area (Å²) in [5.41, 5.74) is 6.47. The average molecular weight is 199 g/mol. The maximum Gasteiger partial charge on any atom is 0.0857 e. The molecule has 1 radical (unpaired) electrons. The fraction of sp³-hybridized carbons (Fsp3) is 0.308. The zero-order chi connectivity index (χ0) is 11.0. The second-order valence-corrected chi connectivity index (χ2v) is 4.01. The molecule has 0 atom stereocenters. The summed E-state index contributed by atoms with van der Waals surface area (Å²) in [6.07, 6.45) is 6.24. The summed E-state index contributed by atoms with van der Waals surface area (Å²) >= 11 is 0. The highest BCUT2D eigenvalue weighted by atomic mass is 14.8. The van der Waals surface area contributed by atoms with Gasteiger partial charge in [-0.3, -0.25) is 4.98 Å². The second kappa shape index (κ2) is 3.61. The van der Waals surface area contributed by atoms with Crippen molar-refractivity contribution in [3.8, 4) is 0 Å². The van der Waals surface area contributed by atoms with E-state index in [9.17, 15) is 0 Å². The fourth-order valence-corrected chi connectivity index (χ4v) is 1.52. The SMILES string of the molecule is CC1=C[CH]c2nc(C)c(C)nc2C=C1C. The molecule has 2 rings (SSSR count). The van der Waals surface area contributed by atoms with Gasteiger partial charge in [0.2, 0.25) is 0 Å². The highest BCUT2D eigenvalue weighted by molar-refractivity contribution is 5.61. The third-order valence-electron chi connectivity index (χ3n) is 2.83. The Morgan fingerprint density at radius 3 is 2.07 bits per heavy atom. The van der Waals surface area contributed by atoms with E-state index in [0.717, 1.165) is 22.8 Å². The van der Waals surface area contributed by atoms with Crippen LogP contribution in [0.3, 0.4) is 0 Å². The van der Waals surface area contributed by atoms with Crippen molar-refractivity contribution in [3.05, 3.63) is 46.4 Å². The van der Waals surface area contributed by atoms with Crippen molar-refractivity contribution < 1.29 is 0 Å². The molecule has 1 aromatic heterocycles. The van der Waals surface area contributed by atoms with Gasteiger partial charge in [0.05, 0.1) is 22.8 Å². The van der Waals surface area contributed by atoms with Gasteiger partial charge in [0.25, 0.3) is 0 Å². The smallest absolute Gasteiger partial charge is 0.0857 e. The Hall–Kier alpha value is -1.44. The summed E-state index contributed by atoms with van der Waals surface area (Å²) in [6.45, 7) is 8.20. The molecule has 1 aliphatic rings. The van der Waals surface area contributed by atoms with Gasteiger partial charge in [-0.15, -0.1) is 0 Å². The molecule has 0 aliphatic heterocycles. The average Bonchev–Trinajstić information content (AvgIpc) is 2.31. The number of hydrogen-bond acceptors (Lipinski definition) is 2. The van der Waals surface area contributed by atoms with Crippen LogP contribution >= 0.6 is 0 Å². The van der Waals surface area contributed by atoms with Crippen LogP contribution in [0.25, 0.3) is 6.08 Å². The van der Waals surface area contributed by atoms with Crippen LogP contribution in [0.1, 0.15) is 36.6 Å². The highest BCUT2D eigenvalue weighted by Crippen LogP contribution is 2.22. The lowest BCUT2D eigenvalue weighted by atomic mass is 10.1. The van der Waals surface area contributed by atoms with E-state index in [-0.39, 0.29) is 0 Å². The largest absolute Gasteiger partial charge is 0.253 e. The molecule has 0 spiro atoms. The van der Waals surface area contributed by atoms with E-state index in [0.29, 0.717) is 0 Å². The van der Waals surface area contributed by atoms with E-state index in [2.05, 4.69) is 36.0 Å². The predicted molar refractivity (Wildman–Crippen MR) is 62.3 cm³/mol. The summed E-state index contributed by atoms with van der Waals surface area (Å²) in [7, 11) is 0. The minimum absolute atomic E-state index is 0.967. The van der Waals surface area contributed by atoms with E-state index in [1.807, 2.05) is 20.3 Å². The molecule has 0 bridgehead atoms. The molecule has 0 N–H and O–H groups in total. The molecular weight excluding hydrogens is 184 g/mol. The van der Waals surface area contributed by atoms with E-state index < -0.39 is 0 Å². The molecular formula is C13H15N2. The van der Waals surface area contributed by atoms with Crippen molar-refractivity contribution in [3.63, 3.8) is 0 Å². The Morgan fingerprint density at radius 2 is 1.40 bits per heavy atom.